The van der Waals surface area contributed by atoms with Gasteiger partial charge >= 0.3 is 0 Å². The minimum absolute atomic E-state index is 0.229. The Morgan fingerprint density at radius 2 is 2.00 bits per heavy atom. The molecule has 0 aliphatic heterocycles. The molecule has 0 fully saturated rings. The van der Waals surface area contributed by atoms with Gasteiger partial charge in [-0.25, -0.2) is 4.39 Å². The summed E-state index contributed by atoms with van der Waals surface area (Å²) in [7, 11) is 0. The van der Waals surface area contributed by atoms with Crippen LogP contribution in [0.15, 0.2) is 34.7 Å². The number of rotatable bonds is 6. The van der Waals surface area contributed by atoms with Crippen molar-refractivity contribution in [3.8, 4) is 5.75 Å². The molecule has 0 unspecified atom stereocenters. The van der Waals surface area contributed by atoms with Crippen LogP contribution in [-0.4, -0.2) is 6.54 Å². The van der Waals surface area contributed by atoms with Crippen molar-refractivity contribution in [3.63, 3.8) is 0 Å². The summed E-state index contributed by atoms with van der Waals surface area (Å²) in [5, 5.41) is 3.17. The van der Waals surface area contributed by atoms with Crippen LogP contribution in [0.2, 0.25) is 0 Å². The normalized spacial score (nSPS) is 10.7. The molecule has 0 aliphatic carbocycles. The van der Waals surface area contributed by atoms with Gasteiger partial charge in [-0.15, -0.1) is 0 Å². The van der Waals surface area contributed by atoms with Gasteiger partial charge in [-0.3, -0.25) is 0 Å². The van der Waals surface area contributed by atoms with Crippen molar-refractivity contribution in [3.05, 3.63) is 53.2 Å². The topological polar surface area (TPSA) is 34.4 Å². The Morgan fingerprint density at radius 1 is 1.21 bits per heavy atom. The maximum absolute atomic E-state index is 13.5. The van der Waals surface area contributed by atoms with Crippen LogP contribution >= 0.6 is 0 Å². The summed E-state index contributed by atoms with van der Waals surface area (Å²) in [4.78, 5) is 0. The Morgan fingerprint density at radius 3 is 2.79 bits per heavy atom. The zero-order valence-corrected chi connectivity index (χ0v) is 11.2. The molecule has 0 atom stereocenters. The Hall–Kier alpha value is -1.81. The quantitative estimate of drug-likeness (QED) is 0.867. The van der Waals surface area contributed by atoms with Gasteiger partial charge < -0.3 is 14.5 Å². The number of hydrogen-bond acceptors (Lipinski definition) is 3. The van der Waals surface area contributed by atoms with Gasteiger partial charge in [-0.1, -0.05) is 13.0 Å². The molecule has 0 radical (unpaired) electrons. The maximum Gasteiger partial charge on any atom is 0.165 e. The van der Waals surface area contributed by atoms with Crippen molar-refractivity contribution in [2.75, 3.05) is 6.54 Å². The Labute approximate surface area is 112 Å². The zero-order valence-electron chi connectivity index (χ0n) is 11.2. The molecule has 0 bridgehead atoms. The number of furan rings is 1. The van der Waals surface area contributed by atoms with Gasteiger partial charge in [0.1, 0.15) is 18.1 Å². The second-order valence-corrected chi connectivity index (χ2v) is 4.37. The molecule has 1 aromatic carbocycles. The van der Waals surface area contributed by atoms with E-state index in [1.54, 1.807) is 12.1 Å². The van der Waals surface area contributed by atoms with Crippen LogP contribution < -0.4 is 10.1 Å². The number of benzene rings is 1. The first kappa shape index (κ1) is 13.6. The lowest BCUT2D eigenvalue weighted by atomic mass is 10.2. The van der Waals surface area contributed by atoms with Crippen molar-refractivity contribution >= 4 is 0 Å². The third-order valence-corrected chi connectivity index (χ3v) is 2.72. The first-order chi connectivity index (χ1) is 9.19. The number of halogens is 1. The number of hydrogen-bond donors (Lipinski definition) is 1. The second kappa shape index (κ2) is 6.38. The predicted octanol–water partition coefficient (Wildman–Crippen LogP) is 3.42. The van der Waals surface area contributed by atoms with Gasteiger partial charge in [0.15, 0.2) is 11.6 Å². The maximum atomic E-state index is 13.5. The SMILES string of the molecule is CCNCc1ccc(COc2cc(C)ccc2F)o1. The van der Waals surface area contributed by atoms with Gasteiger partial charge in [0.05, 0.1) is 6.54 Å². The zero-order chi connectivity index (χ0) is 13.7. The fraction of sp³-hybridized carbons (Fsp3) is 0.333. The fourth-order valence-electron chi connectivity index (χ4n) is 1.71. The summed E-state index contributed by atoms with van der Waals surface area (Å²) < 4.78 is 24.5. The first-order valence-corrected chi connectivity index (χ1v) is 6.36. The van der Waals surface area contributed by atoms with Crippen molar-refractivity contribution in [1.29, 1.82) is 0 Å². The minimum Gasteiger partial charge on any atom is -0.483 e. The van der Waals surface area contributed by atoms with E-state index in [-0.39, 0.29) is 18.2 Å². The second-order valence-electron chi connectivity index (χ2n) is 4.37. The van der Waals surface area contributed by atoms with Gasteiger partial charge in [-0.2, -0.15) is 0 Å². The monoisotopic (exact) mass is 263 g/mol. The van der Waals surface area contributed by atoms with Crippen LogP contribution in [0.4, 0.5) is 4.39 Å². The highest BCUT2D eigenvalue weighted by atomic mass is 19.1. The molecule has 102 valence electrons. The van der Waals surface area contributed by atoms with E-state index in [0.29, 0.717) is 12.3 Å². The van der Waals surface area contributed by atoms with E-state index in [1.165, 1.54) is 6.07 Å². The predicted molar refractivity (Wildman–Crippen MR) is 71.6 cm³/mol. The molecule has 1 heterocycles. The molecule has 19 heavy (non-hydrogen) atoms. The van der Waals surface area contributed by atoms with Crippen LogP contribution in [0, 0.1) is 12.7 Å². The Balaban J connectivity index is 1.94. The van der Waals surface area contributed by atoms with Gasteiger partial charge in [0.2, 0.25) is 0 Å². The molecule has 0 amide bonds. The molecular formula is C15H18FNO2. The molecule has 3 nitrogen and oxygen atoms in total. The van der Waals surface area contributed by atoms with Crippen LogP contribution in [0.25, 0.3) is 0 Å². The summed E-state index contributed by atoms with van der Waals surface area (Å²) >= 11 is 0. The van der Waals surface area contributed by atoms with Crippen molar-refractivity contribution < 1.29 is 13.5 Å². The minimum atomic E-state index is -0.356. The van der Waals surface area contributed by atoms with Gasteiger partial charge in [-0.05, 0) is 43.3 Å². The largest absolute Gasteiger partial charge is 0.483 e. The van der Waals surface area contributed by atoms with Crippen LogP contribution in [0.5, 0.6) is 5.75 Å². The lowest BCUT2D eigenvalue weighted by Crippen LogP contribution is -2.10. The summed E-state index contributed by atoms with van der Waals surface area (Å²) in [6.07, 6.45) is 0. The molecule has 1 N–H and O–H groups in total. The molecule has 2 rings (SSSR count). The standard InChI is InChI=1S/C15H18FNO2/c1-3-17-9-12-5-6-13(19-12)10-18-15-8-11(2)4-7-14(15)16/h4-8,17H,3,9-10H2,1-2H3. The molecule has 0 saturated carbocycles. The average Bonchev–Trinajstić information content (AvgIpc) is 2.85. The molecule has 0 spiro atoms. The van der Waals surface area contributed by atoms with Crippen molar-refractivity contribution in [2.45, 2.75) is 27.0 Å². The third-order valence-electron chi connectivity index (χ3n) is 2.72. The van der Waals surface area contributed by atoms with Crippen LogP contribution in [0.1, 0.15) is 24.0 Å². The summed E-state index contributed by atoms with van der Waals surface area (Å²) in [5.74, 6) is 1.44. The van der Waals surface area contributed by atoms with Gasteiger partial charge in [0, 0.05) is 0 Å². The fourth-order valence-corrected chi connectivity index (χ4v) is 1.71. The van der Waals surface area contributed by atoms with Crippen molar-refractivity contribution in [1.82, 2.24) is 5.32 Å². The Kier molecular flexibility index (Phi) is 4.58. The molecule has 0 saturated heterocycles. The highest BCUT2D eigenvalue weighted by Crippen LogP contribution is 2.20. The average molecular weight is 263 g/mol. The number of nitrogens with one attached hydrogen (secondary N) is 1. The van der Waals surface area contributed by atoms with Crippen molar-refractivity contribution in [2.24, 2.45) is 0 Å². The number of ether oxygens (including phenoxy) is 1. The lowest BCUT2D eigenvalue weighted by Gasteiger charge is -2.06. The van der Waals surface area contributed by atoms with E-state index in [0.717, 1.165) is 17.9 Å². The van der Waals surface area contributed by atoms with Crippen LogP contribution in [0.3, 0.4) is 0 Å². The molecular weight excluding hydrogens is 245 g/mol. The van der Waals surface area contributed by atoms with E-state index in [4.69, 9.17) is 9.15 Å². The molecule has 0 aliphatic rings. The van der Waals surface area contributed by atoms with E-state index in [2.05, 4.69) is 5.32 Å². The molecule has 4 heteroatoms. The smallest absolute Gasteiger partial charge is 0.165 e. The highest BCUT2D eigenvalue weighted by molar-refractivity contribution is 5.29. The number of aryl methyl sites for hydroxylation is 1. The lowest BCUT2D eigenvalue weighted by molar-refractivity contribution is 0.254. The first-order valence-electron chi connectivity index (χ1n) is 6.36. The van der Waals surface area contributed by atoms with E-state index in [9.17, 15) is 4.39 Å². The van der Waals surface area contributed by atoms with Crippen LogP contribution in [-0.2, 0) is 13.2 Å². The van der Waals surface area contributed by atoms with E-state index in [1.807, 2.05) is 26.0 Å². The summed E-state index contributed by atoms with van der Waals surface area (Å²) in [6.45, 7) is 5.74. The third kappa shape index (κ3) is 3.83. The van der Waals surface area contributed by atoms with E-state index >= 15 is 0 Å². The molecule has 1 aromatic heterocycles. The van der Waals surface area contributed by atoms with E-state index < -0.39 is 0 Å². The highest BCUT2D eigenvalue weighted by Gasteiger charge is 2.06. The Bertz CT molecular complexity index is 537. The summed E-state index contributed by atoms with van der Waals surface area (Å²) in [6, 6.07) is 8.54. The van der Waals surface area contributed by atoms with Gasteiger partial charge in [0.25, 0.3) is 0 Å². The molecule has 2 aromatic rings. The summed E-state index contributed by atoms with van der Waals surface area (Å²) in [5.41, 5.74) is 0.962.